The van der Waals surface area contributed by atoms with E-state index < -0.39 is 0 Å². The maximum atomic E-state index is 2.27. The van der Waals surface area contributed by atoms with Crippen LogP contribution in [0.5, 0.6) is 0 Å². The summed E-state index contributed by atoms with van der Waals surface area (Å²) in [5.74, 6) is 0. The molecule has 0 saturated carbocycles. The molecule has 0 amide bonds. The molecule has 3 rings (SSSR count). The van der Waals surface area contributed by atoms with Gasteiger partial charge in [0, 0.05) is 0 Å². The van der Waals surface area contributed by atoms with E-state index >= 15 is 0 Å². The van der Waals surface area contributed by atoms with Gasteiger partial charge in [-0.1, -0.05) is 0 Å². The van der Waals surface area contributed by atoms with E-state index in [1.807, 2.05) is 0 Å². The van der Waals surface area contributed by atoms with Crippen LogP contribution in [-0.4, -0.2) is 14.5 Å². The van der Waals surface area contributed by atoms with Crippen LogP contribution in [0.2, 0.25) is 0 Å². The Morgan fingerprint density at radius 2 is 1.00 bits per heavy atom. The van der Waals surface area contributed by atoms with Crippen molar-refractivity contribution in [1.29, 1.82) is 0 Å². The molecule has 0 radical (unpaired) electrons. The first-order valence-electron chi connectivity index (χ1n) is 5.62. The summed E-state index contributed by atoms with van der Waals surface area (Å²) in [7, 11) is 0. The van der Waals surface area contributed by atoms with Gasteiger partial charge >= 0.3 is 107 Å². The van der Waals surface area contributed by atoms with Gasteiger partial charge in [-0.05, 0) is 0 Å². The molecule has 0 bridgehead atoms. The summed E-state index contributed by atoms with van der Waals surface area (Å²) in [5, 5.41) is 5.26. The van der Waals surface area contributed by atoms with Crippen LogP contribution >= 0.6 is 0 Å². The summed E-state index contributed by atoms with van der Waals surface area (Å²) >= 11 is 0.449. The number of hydrogen-bond acceptors (Lipinski definition) is 0. The van der Waals surface area contributed by atoms with E-state index in [2.05, 4.69) is 70.5 Å². The Labute approximate surface area is 107 Å². The van der Waals surface area contributed by atoms with Crippen LogP contribution < -0.4 is 0 Å². The molecule has 1 aromatic heterocycles. The fourth-order valence-corrected chi connectivity index (χ4v) is 3.18. The number of hydrogen-bond donors (Lipinski definition) is 0. The Bertz CT molecular complexity index is 648. The van der Waals surface area contributed by atoms with Crippen molar-refractivity contribution in [2.45, 2.75) is 0 Å². The molecular weight excluding hydrogens is 271 g/mol. The molecule has 0 spiro atoms. The van der Waals surface area contributed by atoms with E-state index in [1.165, 1.54) is 21.5 Å². The first kappa shape index (κ1) is 10.6. The second-order valence-electron chi connectivity index (χ2n) is 3.92. The van der Waals surface area contributed by atoms with Crippen LogP contribution in [0.4, 0.5) is 0 Å². The zero-order valence-electron chi connectivity index (χ0n) is 9.34. The van der Waals surface area contributed by atoms with Crippen molar-refractivity contribution in [3.05, 3.63) is 70.5 Å². The minimum atomic E-state index is 0.449. The Hall–Kier alpha value is -1.56. The predicted molar refractivity (Wildman–Crippen MR) is 76.0 cm³/mol. The standard InChI is InChI=1S/C16H12Se/c1-3-7-15-13(5-1)9-11-17-12-10-14-6-2-4-8-16(14)15/h1-12H. The average Bonchev–Trinajstić information content (AvgIpc) is 2.47. The maximum absolute atomic E-state index is 2.27. The number of benzene rings is 2. The van der Waals surface area contributed by atoms with E-state index in [1.54, 1.807) is 0 Å². The van der Waals surface area contributed by atoms with Crippen LogP contribution in [-0.2, 0) is 0 Å². The normalized spacial score (nSPS) is 10.4. The third kappa shape index (κ3) is 2.12. The van der Waals surface area contributed by atoms with Crippen molar-refractivity contribution in [2.75, 3.05) is 0 Å². The SMILES string of the molecule is c1ccc2c(c1)cc[se]ccc1ccccc12. The summed E-state index contributed by atoms with van der Waals surface area (Å²) in [6.45, 7) is 0. The van der Waals surface area contributed by atoms with Gasteiger partial charge in [-0.2, -0.15) is 0 Å². The Balaban J connectivity index is 2.63. The summed E-state index contributed by atoms with van der Waals surface area (Å²) in [6, 6.07) is 21.7. The number of rotatable bonds is 0. The monoisotopic (exact) mass is 284 g/mol. The van der Waals surface area contributed by atoms with Crippen molar-refractivity contribution in [1.82, 2.24) is 0 Å². The van der Waals surface area contributed by atoms with Crippen molar-refractivity contribution >= 4 is 36.0 Å². The van der Waals surface area contributed by atoms with Crippen LogP contribution in [0.1, 0.15) is 0 Å². The molecule has 0 aliphatic rings. The van der Waals surface area contributed by atoms with Crippen molar-refractivity contribution in [3.63, 3.8) is 0 Å². The van der Waals surface area contributed by atoms with Crippen LogP contribution in [0.25, 0.3) is 21.5 Å². The van der Waals surface area contributed by atoms with Crippen molar-refractivity contribution in [3.8, 4) is 0 Å². The van der Waals surface area contributed by atoms with Gasteiger partial charge in [0.05, 0.1) is 0 Å². The first-order valence-corrected chi connectivity index (χ1v) is 7.60. The molecule has 17 heavy (non-hydrogen) atoms. The molecule has 0 atom stereocenters. The second-order valence-corrected chi connectivity index (χ2v) is 5.63. The first-order chi connectivity index (χ1) is 8.45. The molecule has 0 nitrogen and oxygen atoms in total. The second kappa shape index (κ2) is 4.75. The third-order valence-corrected chi connectivity index (χ3v) is 4.09. The molecule has 3 aromatic rings. The topological polar surface area (TPSA) is 0 Å². The van der Waals surface area contributed by atoms with Gasteiger partial charge in [0.25, 0.3) is 0 Å². The Morgan fingerprint density at radius 3 is 1.53 bits per heavy atom. The van der Waals surface area contributed by atoms with E-state index in [-0.39, 0.29) is 0 Å². The van der Waals surface area contributed by atoms with Gasteiger partial charge in [-0.25, -0.2) is 0 Å². The Kier molecular flexibility index (Phi) is 2.96. The molecule has 0 N–H and O–H groups in total. The molecule has 0 unspecified atom stereocenters. The van der Waals surface area contributed by atoms with E-state index in [0.29, 0.717) is 14.5 Å². The van der Waals surface area contributed by atoms with E-state index in [4.69, 9.17) is 0 Å². The van der Waals surface area contributed by atoms with Crippen molar-refractivity contribution in [2.24, 2.45) is 0 Å². The quantitative estimate of drug-likeness (QED) is 0.543. The zero-order valence-corrected chi connectivity index (χ0v) is 11.0. The summed E-state index contributed by atoms with van der Waals surface area (Å²) in [4.78, 5) is 4.54. The van der Waals surface area contributed by atoms with Crippen molar-refractivity contribution < 1.29 is 0 Å². The molecule has 1 heterocycles. The summed E-state index contributed by atoms with van der Waals surface area (Å²) in [6.07, 6.45) is 0. The molecule has 1 heteroatoms. The van der Waals surface area contributed by atoms with Crippen LogP contribution in [0.15, 0.2) is 70.5 Å². The van der Waals surface area contributed by atoms with E-state index in [9.17, 15) is 0 Å². The van der Waals surface area contributed by atoms with Crippen LogP contribution in [0, 0.1) is 0 Å². The van der Waals surface area contributed by atoms with Gasteiger partial charge in [0.1, 0.15) is 0 Å². The molecule has 0 fully saturated rings. The number of fused-ring (bicyclic) bond motifs is 3. The van der Waals surface area contributed by atoms with Gasteiger partial charge in [0.2, 0.25) is 0 Å². The summed E-state index contributed by atoms with van der Waals surface area (Å²) < 4.78 is 0. The van der Waals surface area contributed by atoms with Gasteiger partial charge < -0.3 is 0 Å². The zero-order chi connectivity index (χ0) is 11.5. The Morgan fingerprint density at radius 1 is 0.529 bits per heavy atom. The molecule has 0 saturated heterocycles. The molecule has 0 aliphatic carbocycles. The van der Waals surface area contributed by atoms with Gasteiger partial charge in [-0.3, -0.25) is 0 Å². The average molecular weight is 283 g/mol. The fourth-order valence-electron chi connectivity index (χ4n) is 2.05. The molecule has 82 valence electrons. The minimum absolute atomic E-state index is 0.449. The molecule has 0 aliphatic heterocycles. The molecule has 2 aromatic carbocycles. The predicted octanol–water partition coefficient (Wildman–Crippen LogP) is 4.17. The third-order valence-electron chi connectivity index (χ3n) is 2.86. The van der Waals surface area contributed by atoms with Crippen LogP contribution in [0.3, 0.4) is 0 Å². The van der Waals surface area contributed by atoms with Gasteiger partial charge in [-0.15, -0.1) is 0 Å². The fraction of sp³-hybridized carbons (Fsp3) is 0. The van der Waals surface area contributed by atoms with E-state index in [0.717, 1.165) is 0 Å². The summed E-state index contributed by atoms with van der Waals surface area (Å²) in [5.41, 5.74) is 0. The van der Waals surface area contributed by atoms with Gasteiger partial charge in [0.15, 0.2) is 0 Å². The molecular formula is C16H12Se.